The topological polar surface area (TPSA) is 86.5 Å². The standard InChI is InChI=1S/C22H20FN3O4/c1-14-5-4-6-20(26(27)28)22(14)25-21-8-7-15(13-24-21)9-19(23)16-10-17(29-2)12-18(11-16)30-3/h4-13H,1-3H3,(H,24,25)/b19-9-. The van der Waals surface area contributed by atoms with Gasteiger partial charge in [-0.05, 0) is 48.4 Å². The van der Waals surface area contributed by atoms with Crippen molar-refractivity contribution in [3.8, 4) is 11.5 Å². The van der Waals surface area contributed by atoms with Crippen LogP contribution in [0.25, 0.3) is 11.9 Å². The number of para-hydroxylation sites is 1. The fourth-order valence-corrected chi connectivity index (χ4v) is 2.83. The van der Waals surface area contributed by atoms with Gasteiger partial charge < -0.3 is 14.8 Å². The Kier molecular flexibility index (Phi) is 6.26. The van der Waals surface area contributed by atoms with E-state index in [1.807, 2.05) is 0 Å². The van der Waals surface area contributed by atoms with Crippen LogP contribution >= 0.6 is 0 Å². The van der Waals surface area contributed by atoms with E-state index in [0.717, 1.165) is 0 Å². The average molecular weight is 409 g/mol. The Morgan fingerprint density at radius 1 is 1.13 bits per heavy atom. The Bertz CT molecular complexity index is 1080. The maximum Gasteiger partial charge on any atom is 0.292 e. The summed E-state index contributed by atoms with van der Waals surface area (Å²) in [7, 11) is 2.99. The molecule has 0 saturated heterocycles. The summed E-state index contributed by atoms with van der Waals surface area (Å²) in [6.07, 6.45) is 2.81. The average Bonchev–Trinajstić information content (AvgIpc) is 2.75. The molecule has 3 rings (SSSR count). The lowest BCUT2D eigenvalue weighted by atomic mass is 10.1. The second kappa shape index (κ2) is 9.04. The summed E-state index contributed by atoms with van der Waals surface area (Å²) < 4.78 is 25.1. The van der Waals surface area contributed by atoms with Crippen molar-refractivity contribution in [1.29, 1.82) is 0 Å². The van der Waals surface area contributed by atoms with Crippen molar-refractivity contribution in [3.63, 3.8) is 0 Å². The van der Waals surface area contributed by atoms with E-state index >= 15 is 0 Å². The number of pyridine rings is 1. The van der Waals surface area contributed by atoms with Crippen molar-refractivity contribution < 1.29 is 18.8 Å². The van der Waals surface area contributed by atoms with Crippen LogP contribution in [0.1, 0.15) is 16.7 Å². The van der Waals surface area contributed by atoms with E-state index in [9.17, 15) is 14.5 Å². The summed E-state index contributed by atoms with van der Waals surface area (Å²) in [5.74, 6) is 0.882. The van der Waals surface area contributed by atoms with Crippen LogP contribution in [0.3, 0.4) is 0 Å². The van der Waals surface area contributed by atoms with Gasteiger partial charge in [0.05, 0.1) is 19.1 Å². The molecule has 0 spiro atoms. The van der Waals surface area contributed by atoms with Crippen molar-refractivity contribution in [1.82, 2.24) is 4.98 Å². The zero-order valence-corrected chi connectivity index (χ0v) is 16.7. The van der Waals surface area contributed by atoms with Crippen LogP contribution in [0.5, 0.6) is 11.5 Å². The molecule has 154 valence electrons. The first-order chi connectivity index (χ1) is 14.4. The molecule has 0 aliphatic rings. The predicted molar refractivity (Wildman–Crippen MR) is 114 cm³/mol. The molecule has 0 amide bonds. The van der Waals surface area contributed by atoms with Gasteiger partial charge in [-0.3, -0.25) is 10.1 Å². The zero-order valence-electron chi connectivity index (χ0n) is 16.7. The molecular formula is C22H20FN3O4. The molecule has 8 heteroatoms. The minimum atomic E-state index is -0.482. The zero-order chi connectivity index (χ0) is 21.7. The first-order valence-electron chi connectivity index (χ1n) is 8.99. The van der Waals surface area contributed by atoms with Crippen molar-refractivity contribution in [2.45, 2.75) is 6.92 Å². The van der Waals surface area contributed by atoms with Crippen LogP contribution in [0.15, 0.2) is 54.7 Å². The van der Waals surface area contributed by atoms with E-state index in [0.29, 0.717) is 39.7 Å². The number of methoxy groups -OCH3 is 2. The second-order valence-corrected chi connectivity index (χ2v) is 6.42. The third kappa shape index (κ3) is 4.72. The minimum Gasteiger partial charge on any atom is -0.497 e. The molecule has 30 heavy (non-hydrogen) atoms. The van der Waals surface area contributed by atoms with Crippen molar-refractivity contribution in [2.75, 3.05) is 19.5 Å². The molecule has 3 aromatic rings. The molecule has 2 aromatic carbocycles. The quantitative estimate of drug-likeness (QED) is 0.408. The van der Waals surface area contributed by atoms with Crippen LogP contribution in [0.2, 0.25) is 0 Å². The van der Waals surface area contributed by atoms with E-state index in [4.69, 9.17) is 9.47 Å². The number of aromatic nitrogens is 1. The maximum absolute atomic E-state index is 14.7. The normalized spacial score (nSPS) is 11.1. The third-order valence-corrected chi connectivity index (χ3v) is 4.41. The van der Waals surface area contributed by atoms with Crippen LogP contribution in [0, 0.1) is 17.0 Å². The van der Waals surface area contributed by atoms with Gasteiger partial charge in [0.2, 0.25) is 0 Å². The van der Waals surface area contributed by atoms with E-state index in [2.05, 4.69) is 10.3 Å². The molecule has 1 aromatic heterocycles. The number of halogens is 1. The van der Waals surface area contributed by atoms with E-state index < -0.39 is 10.8 Å². The van der Waals surface area contributed by atoms with Crippen LogP contribution in [-0.4, -0.2) is 24.1 Å². The lowest BCUT2D eigenvalue weighted by molar-refractivity contribution is -0.384. The Hall–Kier alpha value is -3.94. The fraction of sp³-hybridized carbons (Fsp3) is 0.136. The molecule has 0 unspecified atom stereocenters. The summed E-state index contributed by atoms with van der Waals surface area (Å²) in [4.78, 5) is 15.0. The van der Waals surface area contributed by atoms with E-state index in [1.165, 1.54) is 32.6 Å². The van der Waals surface area contributed by atoms with Crippen LogP contribution < -0.4 is 14.8 Å². The molecular weight excluding hydrogens is 389 g/mol. The first kappa shape index (κ1) is 20.8. The highest BCUT2D eigenvalue weighted by Gasteiger charge is 2.16. The highest BCUT2D eigenvalue weighted by Crippen LogP contribution is 2.31. The number of hydrogen-bond acceptors (Lipinski definition) is 6. The molecule has 0 atom stereocenters. The molecule has 0 aliphatic carbocycles. The number of nitro groups is 1. The molecule has 1 N–H and O–H groups in total. The minimum absolute atomic E-state index is 0.0428. The van der Waals surface area contributed by atoms with Gasteiger partial charge in [0.25, 0.3) is 5.69 Å². The van der Waals surface area contributed by atoms with Crippen molar-refractivity contribution in [3.05, 3.63) is 81.5 Å². The molecule has 0 radical (unpaired) electrons. The fourth-order valence-electron chi connectivity index (χ4n) is 2.83. The molecule has 1 heterocycles. The number of aryl methyl sites for hydroxylation is 1. The smallest absolute Gasteiger partial charge is 0.292 e. The number of nitro benzene ring substituents is 1. The van der Waals surface area contributed by atoms with Gasteiger partial charge >= 0.3 is 0 Å². The van der Waals surface area contributed by atoms with Gasteiger partial charge in [0.1, 0.15) is 28.8 Å². The van der Waals surface area contributed by atoms with Gasteiger partial charge in [-0.25, -0.2) is 9.37 Å². The number of hydrogen-bond donors (Lipinski definition) is 1. The Morgan fingerprint density at radius 2 is 1.83 bits per heavy atom. The monoisotopic (exact) mass is 409 g/mol. The van der Waals surface area contributed by atoms with Crippen LogP contribution in [-0.2, 0) is 0 Å². The van der Waals surface area contributed by atoms with Gasteiger partial charge in [-0.15, -0.1) is 0 Å². The van der Waals surface area contributed by atoms with Crippen molar-refractivity contribution in [2.24, 2.45) is 0 Å². The third-order valence-electron chi connectivity index (χ3n) is 4.41. The van der Waals surface area contributed by atoms with Gasteiger partial charge in [-0.1, -0.05) is 12.1 Å². The molecule has 0 bridgehead atoms. The Morgan fingerprint density at radius 3 is 2.40 bits per heavy atom. The van der Waals surface area contributed by atoms with E-state index in [1.54, 1.807) is 49.4 Å². The summed E-state index contributed by atoms with van der Waals surface area (Å²) in [6.45, 7) is 1.77. The molecule has 0 fully saturated rings. The molecule has 0 aliphatic heterocycles. The maximum atomic E-state index is 14.7. The lowest BCUT2D eigenvalue weighted by Crippen LogP contribution is -2.00. The highest BCUT2D eigenvalue weighted by atomic mass is 19.1. The predicted octanol–water partition coefficient (Wildman–Crippen LogP) is 5.53. The molecule has 7 nitrogen and oxygen atoms in total. The highest BCUT2D eigenvalue weighted by molar-refractivity contribution is 5.78. The van der Waals surface area contributed by atoms with Gasteiger partial charge in [-0.2, -0.15) is 0 Å². The summed E-state index contributed by atoms with van der Waals surface area (Å²) >= 11 is 0. The lowest BCUT2D eigenvalue weighted by Gasteiger charge is -2.09. The van der Waals surface area contributed by atoms with Gasteiger partial charge in [0, 0.05) is 23.9 Å². The summed E-state index contributed by atoms with van der Waals surface area (Å²) in [5, 5.41) is 14.2. The number of anilines is 2. The van der Waals surface area contributed by atoms with E-state index in [-0.39, 0.29) is 5.69 Å². The number of nitrogens with one attached hydrogen (secondary N) is 1. The summed E-state index contributed by atoms with van der Waals surface area (Å²) in [5.41, 5.74) is 1.88. The largest absolute Gasteiger partial charge is 0.497 e. The summed E-state index contributed by atoms with van der Waals surface area (Å²) in [6, 6.07) is 12.9. The van der Waals surface area contributed by atoms with Crippen LogP contribution in [0.4, 0.5) is 21.6 Å². The van der Waals surface area contributed by atoms with Crippen molar-refractivity contribution >= 4 is 29.1 Å². The second-order valence-electron chi connectivity index (χ2n) is 6.42. The number of ether oxygens (including phenoxy) is 2. The molecule has 0 saturated carbocycles. The first-order valence-corrected chi connectivity index (χ1v) is 8.99. The number of rotatable bonds is 7. The Labute approximate surface area is 172 Å². The number of nitrogens with zero attached hydrogens (tertiary/aromatic N) is 2. The SMILES string of the molecule is COc1cc(OC)cc(/C(F)=C/c2ccc(Nc3c(C)cccc3[N+](=O)[O-])nc2)c1. The Balaban J connectivity index is 1.84. The number of benzene rings is 2. The van der Waals surface area contributed by atoms with Gasteiger partial charge in [0.15, 0.2) is 0 Å².